The van der Waals surface area contributed by atoms with Gasteiger partial charge in [0, 0.05) is 5.41 Å². The summed E-state index contributed by atoms with van der Waals surface area (Å²) >= 11 is 0. The number of Topliss-reactive ketones (excluding diaryl/α,β-unsaturated/α-hetero) is 1. The smallest absolute Gasteiger partial charge is 0.139 e. The molecule has 0 aromatic carbocycles. The summed E-state index contributed by atoms with van der Waals surface area (Å²) in [5, 5.41) is 0. The van der Waals surface area contributed by atoms with Gasteiger partial charge in [0.05, 0.1) is 0 Å². The van der Waals surface area contributed by atoms with Crippen molar-refractivity contribution in [3.63, 3.8) is 0 Å². The topological polar surface area (TPSA) is 17.1 Å². The Morgan fingerprint density at radius 3 is 2.44 bits per heavy atom. The minimum atomic E-state index is -0.327. The van der Waals surface area contributed by atoms with Gasteiger partial charge in [0.15, 0.2) is 0 Å². The van der Waals surface area contributed by atoms with E-state index in [-0.39, 0.29) is 16.6 Å². The highest BCUT2D eigenvalue weighted by Gasteiger charge is 2.33. The van der Waals surface area contributed by atoms with Crippen LogP contribution in [0.25, 0.3) is 0 Å². The SMILES string of the molecule is CC(=O)C(C)(C)/C=C/C1CC=C(C)C1(C)C. The van der Waals surface area contributed by atoms with Gasteiger partial charge in [-0.3, -0.25) is 4.79 Å². The molecule has 1 aliphatic carbocycles. The molecule has 0 spiro atoms. The molecule has 90 valence electrons. The molecule has 0 aromatic heterocycles. The Morgan fingerprint density at radius 1 is 1.50 bits per heavy atom. The summed E-state index contributed by atoms with van der Waals surface area (Å²) in [4.78, 5) is 11.4. The van der Waals surface area contributed by atoms with E-state index in [0.717, 1.165) is 6.42 Å². The van der Waals surface area contributed by atoms with E-state index in [1.807, 2.05) is 13.8 Å². The van der Waals surface area contributed by atoms with Crippen LogP contribution in [-0.4, -0.2) is 5.78 Å². The van der Waals surface area contributed by atoms with Crippen LogP contribution < -0.4 is 0 Å². The van der Waals surface area contributed by atoms with E-state index in [0.29, 0.717) is 5.92 Å². The van der Waals surface area contributed by atoms with Crippen LogP contribution in [0.1, 0.15) is 48.0 Å². The molecule has 1 aliphatic rings. The predicted molar refractivity (Wildman–Crippen MR) is 69.2 cm³/mol. The summed E-state index contributed by atoms with van der Waals surface area (Å²) in [5.41, 5.74) is 1.37. The zero-order chi connectivity index (χ0) is 12.6. The number of rotatable bonds is 3. The maximum Gasteiger partial charge on any atom is 0.139 e. The Morgan fingerprint density at radius 2 is 2.06 bits per heavy atom. The molecule has 1 heteroatoms. The van der Waals surface area contributed by atoms with Crippen LogP contribution in [0.4, 0.5) is 0 Å². The normalized spacial score (nSPS) is 24.9. The number of hydrogen-bond donors (Lipinski definition) is 0. The molecule has 1 rings (SSSR count). The summed E-state index contributed by atoms with van der Waals surface area (Å²) in [6.45, 7) is 12.4. The third-order valence-electron chi connectivity index (χ3n) is 4.27. The monoisotopic (exact) mass is 220 g/mol. The molecule has 0 amide bonds. The van der Waals surface area contributed by atoms with Crippen molar-refractivity contribution in [1.82, 2.24) is 0 Å². The lowest BCUT2D eigenvalue weighted by Crippen LogP contribution is -2.21. The Balaban J connectivity index is 2.78. The van der Waals surface area contributed by atoms with Gasteiger partial charge in [0.2, 0.25) is 0 Å². The van der Waals surface area contributed by atoms with Gasteiger partial charge in [-0.1, -0.05) is 37.6 Å². The molecule has 0 heterocycles. The van der Waals surface area contributed by atoms with E-state index in [4.69, 9.17) is 0 Å². The van der Waals surface area contributed by atoms with Gasteiger partial charge < -0.3 is 0 Å². The number of allylic oxidation sites excluding steroid dienone is 4. The molecule has 1 unspecified atom stereocenters. The molecule has 0 bridgehead atoms. The number of ketones is 1. The minimum Gasteiger partial charge on any atom is -0.299 e. The Kier molecular flexibility index (Phi) is 3.47. The van der Waals surface area contributed by atoms with Crippen LogP contribution in [0.2, 0.25) is 0 Å². The standard InChI is InChI=1S/C15H24O/c1-11-7-8-13(15(11,5)6)9-10-14(3,4)12(2)16/h7,9-10,13H,8H2,1-6H3/b10-9+. The van der Waals surface area contributed by atoms with E-state index in [9.17, 15) is 4.79 Å². The number of carbonyl (C=O) groups excluding carboxylic acids is 1. The van der Waals surface area contributed by atoms with Gasteiger partial charge in [0.25, 0.3) is 0 Å². The molecule has 0 radical (unpaired) electrons. The predicted octanol–water partition coefficient (Wildman–Crippen LogP) is 4.15. The van der Waals surface area contributed by atoms with Gasteiger partial charge in [-0.2, -0.15) is 0 Å². The van der Waals surface area contributed by atoms with Gasteiger partial charge in [-0.15, -0.1) is 0 Å². The van der Waals surface area contributed by atoms with Crippen LogP contribution in [0.5, 0.6) is 0 Å². The summed E-state index contributed by atoms with van der Waals surface area (Å²) in [5.74, 6) is 0.760. The second-order valence-electron chi connectivity index (χ2n) is 6.09. The highest BCUT2D eigenvalue weighted by molar-refractivity contribution is 5.83. The first-order chi connectivity index (χ1) is 7.18. The van der Waals surface area contributed by atoms with E-state index < -0.39 is 0 Å². The fourth-order valence-corrected chi connectivity index (χ4v) is 1.95. The van der Waals surface area contributed by atoms with Gasteiger partial charge in [-0.05, 0) is 45.4 Å². The summed E-state index contributed by atoms with van der Waals surface area (Å²) < 4.78 is 0. The van der Waals surface area contributed by atoms with Crippen molar-refractivity contribution in [2.24, 2.45) is 16.7 Å². The molecule has 1 nitrogen and oxygen atoms in total. The molecule has 0 N–H and O–H groups in total. The van der Waals surface area contributed by atoms with Crippen molar-refractivity contribution in [1.29, 1.82) is 0 Å². The van der Waals surface area contributed by atoms with Crippen LogP contribution in [-0.2, 0) is 4.79 Å². The van der Waals surface area contributed by atoms with Gasteiger partial charge in [-0.25, -0.2) is 0 Å². The van der Waals surface area contributed by atoms with Crippen LogP contribution >= 0.6 is 0 Å². The lowest BCUT2D eigenvalue weighted by atomic mass is 9.76. The van der Waals surface area contributed by atoms with E-state index in [1.54, 1.807) is 6.92 Å². The fraction of sp³-hybridized carbons (Fsp3) is 0.667. The van der Waals surface area contributed by atoms with Crippen molar-refractivity contribution < 1.29 is 4.79 Å². The van der Waals surface area contributed by atoms with Crippen molar-refractivity contribution in [2.75, 3.05) is 0 Å². The number of carbonyl (C=O) groups is 1. The first-order valence-electron chi connectivity index (χ1n) is 6.05. The van der Waals surface area contributed by atoms with Crippen molar-refractivity contribution in [3.05, 3.63) is 23.8 Å². The Bertz CT molecular complexity index is 342. The van der Waals surface area contributed by atoms with Crippen LogP contribution in [0.3, 0.4) is 0 Å². The first-order valence-corrected chi connectivity index (χ1v) is 6.05. The fourth-order valence-electron chi connectivity index (χ4n) is 1.95. The van der Waals surface area contributed by atoms with Gasteiger partial charge >= 0.3 is 0 Å². The average Bonchev–Trinajstić information content (AvgIpc) is 2.39. The molecular formula is C15H24O. The highest BCUT2D eigenvalue weighted by atomic mass is 16.1. The van der Waals surface area contributed by atoms with Crippen LogP contribution in [0, 0.1) is 16.7 Å². The van der Waals surface area contributed by atoms with E-state index in [1.165, 1.54) is 5.57 Å². The number of hydrogen-bond acceptors (Lipinski definition) is 1. The molecule has 0 saturated carbocycles. The van der Waals surface area contributed by atoms with Crippen LogP contribution in [0.15, 0.2) is 23.8 Å². The third-order valence-corrected chi connectivity index (χ3v) is 4.27. The molecule has 0 aromatic rings. The maximum absolute atomic E-state index is 11.4. The lowest BCUT2D eigenvalue weighted by molar-refractivity contribution is -0.122. The molecule has 1 atom stereocenters. The average molecular weight is 220 g/mol. The van der Waals surface area contributed by atoms with Gasteiger partial charge in [0.1, 0.15) is 5.78 Å². The van der Waals surface area contributed by atoms with E-state index >= 15 is 0 Å². The van der Waals surface area contributed by atoms with E-state index in [2.05, 4.69) is 39.0 Å². The molecule has 0 aliphatic heterocycles. The summed E-state index contributed by atoms with van der Waals surface area (Å²) in [7, 11) is 0. The summed E-state index contributed by atoms with van der Waals surface area (Å²) in [6, 6.07) is 0. The zero-order valence-electron chi connectivity index (χ0n) is 11.4. The highest BCUT2D eigenvalue weighted by Crippen LogP contribution is 2.44. The minimum absolute atomic E-state index is 0.226. The summed E-state index contributed by atoms with van der Waals surface area (Å²) in [6.07, 6.45) is 7.72. The third kappa shape index (κ3) is 2.45. The first kappa shape index (κ1) is 13.2. The molecule has 0 saturated heterocycles. The second-order valence-corrected chi connectivity index (χ2v) is 6.09. The Labute approximate surface area is 99.6 Å². The van der Waals surface area contributed by atoms with Crippen molar-refractivity contribution in [3.8, 4) is 0 Å². The molecule has 16 heavy (non-hydrogen) atoms. The van der Waals surface area contributed by atoms with Crippen molar-refractivity contribution >= 4 is 5.78 Å². The molecule has 0 fully saturated rings. The zero-order valence-corrected chi connectivity index (χ0v) is 11.4. The Hall–Kier alpha value is -0.850. The van der Waals surface area contributed by atoms with Crippen molar-refractivity contribution in [2.45, 2.75) is 48.0 Å². The maximum atomic E-state index is 11.4. The quantitative estimate of drug-likeness (QED) is 0.653. The largest absolute Gasteiger partial charge is 0.299 e. The lowest BCUT2D eigenvalue weighted by Gasteiger charge is -2.28. The molecular weight excluding hydrogens is 196 g/mol. The second kappa shape index (κ2) is 4.20.